The standard InChI is InChI=1S/C13H11Cl2OP/c14-17(15,16)13-9-5-4-8-12(13)10-11-6-2-1-3-7-11/h1-9H,10H2. The highest BCUT2D eigenvalue weighted by Crippen LogP contribution is 2.55. The maximum Gasteiger partial charge on any atom is 0.282 e. The molecule has 0 heterocycles. The van der Waals surface area contributed by atoms with Gasteiger partial charge in [-0.05, 0) is 46.1 Å². The second kappa shape index (κ2) is 5.27. The topological polar surface area (TPSA) is 17.1 Å². The van der Waals surface area contributed by atoms with Crippen molar-refractivity contribution in [3.8, 4) is 0 Å². The molecule has 0 aliphatic rings. The van der Waals surface area contributed by atoms with E-state index in [4.69, 9.17) is 22.5 Å². The number of benzene rings is 2. The summed E-state index contributed by atoms with van der Waals surface area (Å²) in [6.07, 6.45) is 0.681. The molecule has 0 fully saturated rings. The molecule has 0 bridgehead atoms. The van der Waals surface area contributed by atoms with E-state index in [-0.39, 0.29) is 0 Å². The van der Waals surface area contributed by atoms with E-state index in [1.54, 1.807) is 12.1 Å². The van der Waals surface area contributed by atoms with Gasteiger partial charge in [0.15, 0.2) is 0 Å². The molecule has 0 aromatic heterocycles. The van der Waals surface area contributed by atoms with Gasteiger partial charge in [-0.1, -0.05) is 48.5 Å². The predicted octanol–water partition coefficient (Wildman–Crippen LogP) is 4.57. The fourth-order valence-electron chi connectivity index (χ4n) is 1.73. The molecule has 2 aromatic rings. The van der Waals surface area contributed by atoms with Crippen LogP contribution in [0.1, 0.15) is 11.1 Å². The molecule has 0 N–H and O–H groups in total. The smallest absolute Gasteiger partial charge is 0.282 e. The van der Waals surface area contributed by atoms with Crippen LogP contribution in [0.25, 0.3) is 0 Å². The van der Waals surface area contributed by atoms with Crippen molar-refractivity contribution in [3.63, 3.8) is 0 Å². The maximum absolute atomic E-state index is 11.8. The van der Waals surface area contributed by atoms with Crippen molar-refractivity contribution in [2.45, 2.75) is 6.42 Å². The van der Waals surface area contributed by atoms with Crippen LogP contribution in [0, 0.1) is 0 Å². The molecule has 88 valence electrons. The summed E-state index contributed by atoms with van der Waals surface area (Å²) in [6, 6.07) is 17.3. The molecule has 1 nitrogen and oxygen atoms in total. The summed E-state index contributed by atoms with van der Waals surface area (Å²) in [7, 11) is 0. The molecule has 0 spiro atoms. The zero-order chi connectivity index (χ0) is 12.3. The van der Waals surface area contributed by atoms with Gasteiger partial charge < -0.3 is 0 Å². The Morgan fingerprint density at radius 1 is 0.882 bits per heavy atom. The second-order valence-electron chi connectivity index (χ2n) is 3.75. The molecule has 0 unspecified atom stereocenters. The fourth-order valence-corrected chi connectivity index (χ4v) is 3.47. The first-order valence-corrected chi connectivity index (χ1v) is 8.71. The van der Waals surface area contributed by atoms with Gasteiger partial charge in [-0.2, -0.15) is 0 Å². The van der Waals surface area contributed by atoms with Crippen molar-refractivity contribution in [2.24, 2.45) is 0 Å². The number of rotatable bonds is 3. The minimum absolute atomic E-state index is 0.534. The van der Waals surface area contributed by atoms with Crippen molar-refractivity contribution in [1.29, 1.82) is 0 Å². The van der Waals surface area contributed by atoms with Gasteiger partial charge in [0.1, 0.15) is 0 Å². The average Bonchev–Trinajstić information content (AvgIpc) is 2.30. The lowest BCUT2D eigenvalue weighted by molar-refractivity contribution is 0.597. The first-order chi connectivity index (χ1) is 8.07. The van der Waals surface area contributed by atoms with Crippen LogP contribution in [0.15, 0.2) is 54.6 Å². The normalized spacial score (nSPS) is 11.4. The Kier molecular flexibility index (Phi) is 3.93. The van der Waals surface area contributed by atoms with Crippen molar-refractivity contribution < 1.29 is 4.57 Å². The zero-order valence-electron chi connectivity index (χ0n) is 9.01. The zero-order valence-corrected chi connectivity index (χ0v) is 11.4. The van der Waals surface area contributed by atoms with Gasteiger partial charge in [-0.3, -0.25) is 4.57 Å². The summed E-state index contributed by atoms with van der Waals surface area (Å²) in [5.41, 5.74) is 2.05. The van der Waals surface area contributed by atoms with E-state index in [9.17, 15) is 4.57 Å². The van der Waals surface area contributed by atoms with Gasteiger partial charge in [0, 0.05) is 5.30 Å². The van der Waals surface area contributed by atoms with Gasteiger partial charge in [0.25, 0.3) is 5.85 Å². The lowest BCUT2D eigenvalue weighted by Crippen LogP contribution is -2.06. The van der Waals surface area contributed by atoms with Crippen LogP contribution in [-0.4, -0.2) is 0 Å². The van der Waals surface area contributed by atoms with E-state index in [1.165, 1.54) is 0 Å². The molecule has 0 saturated carbocycles. The van der Waals surface area contributed by atoms with E-state index >= 15 is 0 Å². The molecule has 0 aliphatic carbocycles. The first kappa shape index (κ1) is 12.7. The summed E-state index contributed by atoms with van der Waals surface area (Å²) >= 11 is 11.5. The average molecular weight is 285 g/mol. The third-order valence-electron chi connectivity index (χ3n) is 2.51. The summed E-state index contributed by atoms with van der Waals surface area (Å²) in [4.78, 5) is 0. The van der Waals surface area contributed by atoms with E-state index in [1.807, 2.05) is 42.5 Å². The van der Waals surface area contributed by atoms with Gasteiger partial charge in [0.05, 0.1) is 0 Å². The van der Waals surface area contributed by atoms with Crippen molar-refractivity contribution in [1.82, 2.24) is 0 Å². The lowest BCUT2D eigenvalue weighted by atomic mass is 10.1. The van der Waals surface area contributed by atoms with Gasteiger partial charge in [-0.15, -0.1) is 0 Å². The summed E-state index contributed by atoms with van der Waals surface area (Å²) in [6.45, 7) is 0. The van der Waals surface area contributed by atoms with Crippen LogP contribution < -0.4 is 5.30 Å². The monoisotopic (exact) mass is 284 g/mol. The molecule has 17 heavy (non-hydrogen) atoms. The molecule has 0 amide bonds. The Balaban J connectivity index is 2.37. The predicted molar refractivity (Wildman–Crippen MR) is 74.6 cm³/mol. The second-order valence-corrected chi connectivity index (χ2v) is 8.54. The first-order valence-electron chi connectivity index (χ1n) is 5.19. The Morgan fingerprint density at radius 2 is 1.47 bits per heavy atom. The van der Waals surface area contributed by atoms with Gasteiger partial charge in [0.2, 0.25) is 0 Å². The van der Waals surface area contributed by atoms with Crippen LogP contribution in [0.2, 0.25) is 0 Å². The minimum Gasteiger partial charge on any atom is -0.284 e. The van der Waals surface area contributed by atoms with Gasteiger partial charge in [-0.25, -0.2) is 0 Å². The molecule has 4 heteroatoms. The van der Waals surface area contributed by atoms with Gasteiger partial charge >= 0.3 is 0 Å². The maximum atomic E-state index is 11.8. The molecule has 0 saturated heterocycles. The number of halogens is 2. The highest BCUT2D eigenvalue weighted by atomic mass is 35.9. The Labute approximate surface area is 110 Å². The molecular formula is C13H11Cl2OP. The Morgan fingerprint density at radius 3 is 2.12 bits per heavy atom. The van der Waals surface area contributed by atoms with Crippen LogP contribution in [0.3, 0.4) is 0 Å². The van der Waals surface area contributed by atoms with E-state index in [2.05, 4.69) is 0 Å². The molecular weight excluding hydrogens is 274 g/mol. The van der Waals surface area contributed by atoms with Crippen LogP contribution in [0.4, 0.5) is 0 Å². The van der Waals surface area contributed by atoms with Crippen molar-refractivity contribution in [2.75, 3.05) is 0 Å². The largest absolute Gasteiger partial charge is 0.284 e. The number of hydrogen-bond acceptors (Lipinski definition) is 1. The van der Waals surface area contributed by atoms with Crippen molar-refractivity contribution in [3.05, 3.63) is 65.7 Å². The summed E-state index contributed by atoms with van der Waals surface area (Å²) < 4.78 is 11.8. The Hall–Kier alpha value is -0.750. The minimum atomic E-state index is -3.25. The van der Waals surface area contributed by atoms with Crippen LogP contribution in [0.5, 0.6) is 0 Å². The van der Waals surface area contributed by atoms with Crippen molar-refractivity contribution >= 4 is 33.6 Å². The fraction of sp³-hybridized carbons (Fsp3) is 0.0769. The summed E-state index contributed by atoms with van der Waals surface area (Å²) in [5.74, 6) is -3.25. The third kappa shape index (κ3) is 3.35. The van der Waals surface area contributed by atoms with E-state index in [0.717, 1.165) is 11.1 Å². The highest BCUT2D eigenvalue weighted by Gasteiger charge is 2.20. The molecule has 0 atom stereocenters. The SMILES string of the molecule is O=P(Cl)(Cl)c1ccccc1Cc1ccccc1. The third-order valence-corrected chi connectivity index (χ3v) is 4.60. The quantitative estimate of drug-likeness (QED) is 0.755. The van der Waals surface area contributed by atoms with E-state index in [0.29, 0.717) is 11.7 Å². The lowest BCUT2D eigenvalue weighted by Gasteiger charge is -2.09. The van der Waals surface area contributed by atoms with Crippen LogP contribution in [-0.2, 0) is 11.0 Å². The Bertz CT molecular complexity index is 548. The highest BCUT2D eigenvalue weighted by molar-refractivity contribution is 8.13. The molecule has 2 aromatic carbocycles. The van der Waals surface area contributed by atoms with Crippen LogP contribution >= 0.6 is 28.3 Å². The summed E-state index contributed by atoms with van der Waals surface area (Å²) in [5, 5.41) is 0.534. The molecule has 2 rings (SSSR count). The molecule has 0 radical (unpaired) electrons. The molecule has 0 aliphatic heterocycles. The van der Waals surface area contributed by atoms with E-state index < -0.39 is 5.85 Å². The number of hydrogen-bond donors (Lipinski definition) is 0.